The van der Waals surface area contributed by atoms with Gasteiger partial charge in [-0.25, -0.2) is 0 Å². The molecule has 2 aromatic rings. The molecule has 0 atom stereocenters. The molecular formula is C21H27ClN4O3. The maximum Gasteiger partial charge on any atom is 0.253 e. The molecule has 0 heterocycles. The van der Waals surface area contributed by atoms with Crippen molar-refractivity contribution in [1.82, 2.24) is 10.6 Å². The van der Waals surface area contributed by atoms with Crippen LogP contribution < -0.4 is 21.7 Å². The molecule has 0 spiro atoms. The van der Waals surface area contributed by atoms with Gasteiger partial charge in [0.1, 0.15) is 0 Å². The average Bonchev–Trinajstić information content (AvgIpc) is 2.70. The Kier molecular flexibility index (Phi) is 10.4. The number of aryl methyl sites for hydroxylation is 2. The Morgan fingerprint density at radius 3 is 2.31 bits per heavy atom. The van der Waals surface area contributed by atoms with Crippen LogP contribution in [0.2, 0.25) is 0 Å². The van der Waals surface area contributed by atoms with E-state index in [1.165, 1.54) is 5.56 Å². The molecule has 156 valence electrons. The molecule has 0 aliphatic heterocycles. The lowest BCUT2D eigenvalue weighted by atomic mass is 10.1. The highest BCUT2D eigenvalue weighted by atomic mass is 35.5. The Balaban J connectivity index is 0.00000420. The second-order valence-corrected chi connectivity index (χ2v) is 6.40. The van der Waals surface area contributed by atoms with Crippen LogP contribution in [-0.2, 0) is 16.0 Å². The van der Waals surface area contributed by atoms with E-state index in [-0.39, 0.29) is 30.8 Å². The third kappa shape index (κ3) is 8.33. The van der Waals surface area contributed by atoms with Gasteiger partial charge in [-0.2, -0.15) is 0 Å². The summed E-state index contributed by atoms with van der Waals surface area (Å²) in [4.78, 5) is 36.2. The molecule has 8 heteroatoms. The lowest BCUT2D eigenvalue weighted by Gasteiger charge is -2.11. The van der Waals surface area contributed by atoms with Crippen LogP contribution >= 0.6 is 12.4 Å². The van der Waals surface area contributed by atoms with Crippen LogP contribution in [0.15, 0.2) is 48.5 Å². The summed E-state index contributed by atoms with van der Waals surface area (Å²) < 4.78 is 0. The van der Waals surface area contributed by atoms with Crippen LogP contribution in [0, 0.1) is 6.92 Å². The van der Waals surface area contributed by atoms with Crippen LogP contribution in [0.4, 0.5) is 5.69 Å². The van der Waals surface area contributed by atoms with Crippen molar-refractivity contribution in [1.29, 1.82) is 0 Å². The first-order chi connectivity index (χ1) is 13.5. The molecule has 5 N–H and O–H groups in total. The highest BCUT2D eigenvalue weighted by molar-refractivity contribution is 6.04. The van der Waals surface area contributed by atoms with E-state index in [1.54, 1.807) is 24.3 Å². The first kappa shape index (κ1) is 24.1. The summed E-state index contributed by atoms with van der Waals surface area (Å²) in [6.45, 7) is 2.52. The lowest BCUT2D eigenvalue weighted by molar-refractivity contribution is -0.124. The number of hydrogen-bond acceptors (Lipinski definition) is 4. The highest BCUT2D eigenvalue weighted by Crippen LogP contribution is 2.14. The number of carbonyl (C=O) groups is 3. The van der Waals surface area contributed by atoms with Crippen molar-refractivity contribution in [3.8, 4) is 0 Å². The summed E-state index contributed by atoms with van der Waals surface area (Å²) >= 11 is 0. The molecule has 0 unspecified atom stereocenters. The highest BCUT2D eigenvalue weighted by Gasteiger charge is 2.13. The van der Waals surface area contributed by atoms with Crippen molar-refractivity contribution in [3.05, 3.63) is 65.2 Å². The van der Waals surface area contributed by atoms with Crippen molar-refractivity contribution >= 4 is 35.8 Å². The van der Waals surface area contributed by atoms with Gasteiger partial charge in [-0.15, -0.1) is 12.4 Å². The fraction of sp³-hybridized carbons (Fsp3) is 0.286. The zero-order valence-electron chi connectivity index (χ0n) is 16.4. The van der Waals surface area contributed by atoms with Crippen LogP contribution in [0.25, 0.3) is 0 Å². The fourth-order valence-electron chi connectivity index (χ4n) is 2.55. The van der Waals surface area contributed by atoms with Gasteiger partial charge in [0.2, 0.25) is 11.8 Å². The summed E-state index contributed by atoms with van der Waals surface area (Å²) in [6.07, 6.45) is 0.909. The van der Waals surface area contributed by atoms with E-state index >= 15 is 0 Å². The Morgan fingerprint density at radius 2 is 1.62 bits per heavy atom. The molecule has 29 heavy (non-hydrogen) atoms. The van der Waals surface area contributed by atoms with Crippen LogP contribution in [0.3, 0.4) is 0 Å². The number of hydrogen-bond donors (Lipinski definition) is 4. The van der Waals surface area contributed by atoms with E-state index in [9.17, 15) is 14.4 Å². The predicted molar refractivity (Wildman–Crippen MR) is 116 cm³/mol. The normalized spacial score (nSPS) is 9.86. The predicted octanol–water partition coefficient (Wildman–Crippen LogP) is 1.79. The van der Waals surface area contributed by atoms with Gasteiger partial charge in [0.05, 0.1) is 17.8 Å². The number of nitrogens with one attached hydrogen (secondary N) is 3. The smallest absolute Gasteiger partial charge is 0.253 e. The molecule has 0 aliphatic carbocycles. The van der Waals surface area contributed by atoms with Gasteiger partial charge < -0.3 is 21.7 Å². The minimum Gasteiger partial charge on any atom is -0.351 e. The van der Waals surface area contributed by atoms with E-state index in [0.717, 1.165) is 5.56 Å². The van der Waals surface area contributed by atoms with E-state index in [4.69, 9.17) is 5.73 Å². The van der Waals surface area contributed by atoms with Crippen LogP contribution in [-0.4, -0.2) is 37.4 Å². The third-order valence-corrected chi connectivity index (χ3v) is 4.08. The SMILES string of the molecule is Cc1ccc(CCC(=O)NCC(=O)Nc2ccccc2C(=O)NCCN)cc1.Cl. The Labute approximate surface area is 176 Å². The Morgan fingerprint density at radius 1 is 0.931 bits per heavy atom. The van der Waals surface area contributed by atoms with Crippen molar-refractivity contribution < 1.29 is 14.4 Å². The maximum absolute atomic E-state index is 12.1. The van der Waals surface area contributed by atoms with Gasteiger partial charge in [0.25, 0.3) is 5.91 Å². The minimum atomic E-state index is -0.400. The number of benzene rings is 2. The molecule has 0 saturated carbocycles. The topological polar surface area (TPSA) is 113 Å². The molecule has 2 rings (SSSR count). The first-order valence-electron chi connectivity index (χ1n) is 9.19. The van der Waals surface area contributed by atoms with E-state index < -0.39 is 5.91 Å². The zero-order chi connectivity index (χ0) is 20.4. The standard InChI is InChI=1S/C21H26N4O3.ClH/c1-15-6-8-16(9-7-15)10-11-19(26)24-14-20(27)25-18-5-3-2-4-17(18)21(28)23-13-12-22;/h2-9H,10-14,22H2,1H3,(H,23,28)(H,24,26)(H,25,27);1H. The summed E-state index contributed by atoms with van der Waals surface area (Å²) in [5.74, 6) is -0.920. The van der Waals surface area contributed by atoms with E-state index in [1.807, 2.05) is 31.2 Å². The van der Waals surface area contributed by atoms with Gasteiger partial charge >= 0.3 is 0 Å². The Hall–Kier alpha value is -2.90. The molecule has 0 radical (unpaired) electrons. The van der Waals surface area contributed by atoms with Gasteiger partial charge in [-0.05, 0) is 31.0 Å². The number of halogens is 1. The largest absolute Gasteiger partial charge is 0.351 e. The van der Waals surface area contributed by atoms with E-state index in [2.05, 4.69) is 16.0 Å². The first-order valence-corrected chi connectivity index (χ1v) is 9.19. The summed E-state index contributed by atoms with van der Waals surface area (Å²) in [5, 5.41) is 7.92. The monoisotopic (exact) mass is 418 g/mol. The number of nitrogens with two attached hydrogens (primary N) is 1. The van der Waals surface area contributed by atoms with Gasteiger partial charge in [0.15, 0.2) is 0 Å². The lowest BCUT2D eigenvalue weighted by Crippen LogP contribution is -2.34. The Bertz CT molecular complexity index is 825. The molecular weight excluding hydrogens is 392 g/mol. The summed E-state index contributed by atoms with van der Waals surface area (Å²) in [6, 6.07) is 14.7. The molecule has 7 nitrogen and oxygen atoms in total. The average molecular weight is 419 g/mol. The third-order valence-electron chi connectivity index (χ3n) is 4.08. The molecule has 0 aromatic heterocycles. The van der Waals surface area contributed by atoms with Crippen molar-refractivity contribution in [2.45, 2.75) is 19.8 Å². The minimum absolute atomic E-state index is 0. The van der Waals surface area contributed by atoms with Crippen molar-refractivity contribution in [2.75, 3.05) is 25.0 Å². The number of amides is 3. The maximum atomic E-state index is 12.1. The zero-order valence-corrected chi connectivity index (χ0v) is 17.2. The molecule has 0 saturated heterocycles. The molecule has 3 amide bonds. The number of rotatable bonds is 9. The molecule has 2 aromatic carbocycles. The van der Waals surface area contributed by atoms with Crippen molar-refractivity contribution in [3.63, 3.8) is 0 Å². The molecule has 0 aliphatic rings. The fourth-order valence-corrected chi connectivity index (χ4v) is 2.55. The number of anilines is 1. The van der Waals surface area contributed by atoms with Crippen LogP contribution in [0.5, 0.6) is 0 Å². The molecule has 0 fully saturated rings. The summed E-state index contributed by atoms with van der Waals surface area (Å²) in [5.41, 5.74) is 8.35. The van der Waals surface area contributed by atoms with Crippen molar-refractivity contribution in [2.24, 2.45) is 5.73 Å². The van der Waals surface area contributed by atoms with Gasteiger partial charge in [0, 0.05) is 19.5 Å². The van der Waals surface area contributed by atoms with Gasteiger partial charge in [-0.1, -0.05) is 42.0 Å². The number of para-hydroxylation sites is 1. The van der Waals surface area contributed by atoms with E-state index in [0.29, 0.717) is 37.2 Å². The van der Waals surface area contributed by atoms with Crippen LogP contribution in [0.1, 0.15) is 27.9 Å². The summed E-state index contributed by atoms with van der Waals surface area (Å²) in [7, 11) is 0. The number of carbonyl (C=O) groups excluding carboxylic acids is 3. The quantitative estimate of drug-likeness (QED) is 0.497. The van der Waals surface area contributed by atoms with Gasteiger partial charge in [-0.3, -0.25) is 14.4 Å². The second-order valence-electron chi connectivity index (χ2n) is 6.40. The molecule has 0 bridgehead atoms. The second kappa shape index (κ2) is 12.5.